The Balaban J connectivity index is 2.15. The zero-order valence-electron chi connectivity index (χ0n) is 11.7. The van der Waals surface area contributed by atoms with Crippen LogP contribution in [0.3, 0.4) is 0 Å². The predicted octanol–water partition coefficient (Wildman–Crippen LogP) is 3.82. The average molecular weight is 231 g/mol. The second-order valence-corrected chi connectivity index (χ2v) is 6.06. The molecular formula is C16H25N. The lowest BCUT2D eigenvalue weighted by Crippen LogP contribution is -2.33. The maximum atomic E-state index is 2.59. The van der Waals surface area contributed by atoms with Crippen molar-refractivity contribution >= 4 is 0 Å². The number of nitrogens with zero attached hydrogens (tertiary/aromatic N) is 1. The molecule has 0 fully saturated rings. The van der Waals surface area contributed by atoms with Gasteiger partial charge in [0.15, 0.2) is 0 Å². The monoisotopic (exact) mass is 231 g/mol. The standard InChI is InChI=1S/C16H25N/c1-12(2)10-17-8-7-14-5-6-15(13(3)4)9-16(14)11-17/h5-6,9,12-13H,7-8,10-11H2,1-4H3. The smallest absolute Gasteiger partial charge is 0.0236 e. The highest BCUT2D eigenvalue weighted by Crippen LogP contribution is 2.24. The molecule has 0 amide bonds. The second-order valence-electron chi connectivity index (χ2n) is 6.06. The van der Waals surface area contributed by atoms with Crippen LogP contribution in [-0.2, 0) is 13.0 Å². The largest absolute Gasteiger partial charge is 0.298 e. The zero-order chi connectivity index (χ0) is 12.4. The van der Waals surface area contributed by atoms with E-state index in [0.29, 0.717) is 5.92 Å². The van der Waals surface area contributed by atoms with Crippen LogP contribution in [0.15, 0.2) is 18.2 Å². The predicted molar refractivity (Wildman–Crippen MR) is 74.4 cm³/mol. The maximum absolute atomic E-state index is 2.59. The summed E-state index contributed by atoms with van der Waals surface area (Å²) in [4.78, 5) is 2.59. The Morgan fingerprint density at radius 3 is 2.53 bits per heavy atom. The summed E-state index contributed by atoms with van der Waals surface area (Å²) in [6.07, 6.45) is 1.22. The molecule has 94 valence electrons. The molecule has 1 aliphatic rings. The van der Waals surface area contributed by atoms with Crippen LogP contribution >= 0.6 is 0 Å². The highest BCUT2D eigenvalue weighted by Gasteiger charge is 2.17. The lowest BCUT2D eigenvalue weighted by molar-refractivity contribution is 0.226. The van der Waals surface area contributed by atoms with Gasteiger partial charge in [0.2, 0.25) is 0 Å². The fourth-order valence-corrected chi connectivity index (χ4v) is 2.67. The topological polar surface area (TPSA) is 3.24 Å². The quantitative estimate of drug-likeness (QED) is 0.764. The van der Waals surface area contributed by atoms with Crippen molar-refractivity contribution < 1.29 is 0 Å². The lowest BCUT2D eigenvalue weighted by atomic mass is 9.93. The Kier molecular flexibility index (Phi) is 3.88. The number of hydrogen-bond acceptors (Lipinski definition) is 1. The van der Waals surface area contributed by atoms with Gasteiger partial charge in [-0.25, -0.2) is 0 Å². The van der Waals surface area contributed by atoms with Crippen LogP contribution in [0.2, 0.25) is 0 Å². The number of hydrogen-bond donors (Lipinski definition) is 0. The fourth-order valence-electron chi connectivity index (χ4n) is 2.67. The van der Waals surface area contributed by atoms with Crippen LogP contribution in [0.4, 0.5) is 0 Å². The number of rotatable bonds is 3. The molecule has 0 bridgehead atoms. The molecule has 0 saturated carbocycles. The Morgan fingerprint density at radius 2 is 1.88 bits per heavy atom. The molecule has 2 rings (SSSR count). The van der Waals surface area contributed by atoms with Crippen molar-refractivity contribution in [2.45, 2.75) is 46.6 Å². The molecule has 1 aromatic rings. The molecule has 1 aromatic carbocycles. The summed E-state index contributed by atoms with van der Waals surface area (Å²) in [6.45, 7) is 12.8. The van der Waals surface area contributed by atoms with Crippen LogP contribution in [0.25, 0.3) is 0 Å². The summed E-state index contributed by atoms with van der Waals surface area (Å²) in [5, 5.41) is 0. The van der Waals surface area contributed by atoms with E-state index in [1.165, 1.54) is 25.1 Å². The molecule has 1 aliphatic heterocycles. The minimum Gasteiger partial charge on any atom is -0.298 e. The molecule has 0 aromatic heterocycles. The van der Waals surface area contributed by atoms with E-state index >= 15 is 0 Å². The molecule has 0 unspecified atom stereocenters. The van der Waals surface area contributed by atoms with Crippen LogP contribution in [0.5, 0.6) is 0 Å². The molecule has 0 radical (unpaired) electrons. The van der Waals surface area contributed by atoms with Gasteiger partial charge in [0.05, 0.1) is 0 Å². The summed E-state index contributed by atoms with van der Waals surface area (Å²) < 4.78 is 0. The van der Waals surface area contributed by atoms with E-state index in [2.05, 4.69) is 50.8 Å². The molecule has 0 N–H and O–H groups in total. The van der Waals surface area contributed by atoms with E-state index in [-0.39, 0.29) is 0 Å². The van der Waals surface area contributed by atoms with E-state index in [1.54, 1.807) is 11.1 Å². The minimum atomic E-state index is 0.640. The van der Waals surface area contributed by atoms with Gasteiger partial charge in [0.1, 0.15) is 0 Å². The Labute approximate surface area is 106 Å². The first-order chi connectivity index (χ1) is 8.06. The third kappa shape index (κ3) is 3.10. The van der Waals surface area contributed by atoms with Gasteiger partial charge in [-0.3, -0.25) is 4.90 Å². The second kappa shape index (κ2) is 5.22. The highest BCUT2D eigenvalue weighted by atomic mass is 15.1. The van der Waals surface area contributed by atoms with Crippen LogP contribution in [-0.4, -0.2) is 18.0 Å². The summed E-state index contributed by atoms with van der Waals surface area (Å²) >= 11 is 0. The molecule has 1 heteroatoms. The number of benzene rings is 1. The molecule has 0 atom stereocenters. The third-order valence-electron chi connectivity index (χ3n) is 3.61. The summed E-state index contributed by atoms with van der Waals surface area (Å²) in [7, 11) is 0. The summed E-state index contributed by atoms with van der Waals surface area (Å²) in [5.41, 5.74) is 4.60. The summed E-state index contributed by atoms with van der Waals surface area (Å²) in [5.74, 6) is 1.41. The molecule has 0 aliphatic carbocycles. The highest BCUT2D eigenvalue weighted by molar-refractivity contribution is 5.35. The molecule has 0 spiro atoms. The molecule has 1 nitrogen and oxygen atoms in total. The first-order valence-corrected chi connectivity index (χ1v) is 6.90. The molecule has 0 saturated heterocycles. The average Bonchev–Trinajstić information content (AvgIpc) is 2.27. The van der Waals surface area contributed by atoms with Gasteiger partial charge in [-0.05, 0) is 34.9 Å². The van der Waals surface area contributed by atoms with Gasteiger partial charge in [-0.1, -0.05) is 45.9 Å². The molecule has 1 heterocycles. The third-order valence-corrected chi connectivity index (χ3v) is 3.61. The normalized spacial score (nSPS) is 16.6. The van der Waals surface area contributed by atoms with Crippen LogP contribution < -0.4 is 0 Å². The van der Waals surface area contributed by atoms with E-state index in [0.717, 1.165) is 12.5 Å². The first-order valence-electron chi connectivity index (χ1n) is 6.90. The lowest BCUT2D eigenvalue weighted by Gasteiger charge is -2.30. The maximum Gasteiger partial charge on any atom is 0.0236 e. The summed E-state index contributed by atoms with van der Waals surface area (Å²) in [6, 6.07) is 7.07. The van der Waals surface area contributed by atoms with E-state index in [1.807, 2.05) is 0 Å². The van der Waals surface area contributed by atoms with Gasteiger partial charge in [-0.15, -0.1) is 0 Å². The Morgan fingerprint density at radius 1 is 1.12 bits per heavy atom. The Bertz CT molecular complexity index is 379. The van der Waals surface area contributed by atoms with Crippen LogP contribution in [0, 0.1) is 5.92 Å². The SMILES string of the molecule is CC(C)CN1CCc2ccc(C(C)C)cc2C1. The van der Waals surface area contributed by atoms with E-state index in [4.69, 9.17) is 0 Å². The zero-order valence-corrected chi connectivity index (χ0v) is 11.7. The van der Waals surface area contributed by atoms with Crippen molar-refractivity contribution in [3.8, 4) is 0 Å². The molecule has 17 heavy (non-hydrogen) atoms. The van der Waals surface area contributed by atoms with Crippen molar-refractivity contribution in [1.82, 2.24) is 4.90 Å². The van der Waals surface area contributed by atoms with Gasteiger partial charge >= 0.3 is 0 Å². The van der Waals surface area contributed by atoms with Crippen molar-refractivity contribution in [3.63, 3.8) is 0 Å². The van der Waals surface area contributed by atoms with Crippen LogP contribution in [0.1, 0.15) is 50.3 Å². The van der Waals surface area contributed by atoms with Crippen molar-refractivity contribution in [2.75, 3.05) is 13.1 Å². The van der Waals surface area contributed by atoms with Gasteiger partial charge in [0.25, 0.3) is 0 Å². The van der Waals surface area contributed by atoms with Crippen molar-refractivity contribution in [1.29, 1.82) is 0 Å². The van der Waals surface area contributed by atoms with Crippen molar-refractivity contribution in [2.24, 2.45) is 5.92 Å². The van der Waals surface area contributed by atoms with E-state index < -0.39 is 0 Å². The minimum absolute atomic E-state index is 0.640. The number of fused-ring (bicyclic) bond motifs is 1. The van der Waals surface area contributed by atoms with Gasteiger partial charge < -0.3 is 0 Å². The van der Waals surface area contributed by atoms with Gasteiger partial charge in [0, 0.05) is 19.6 Å². The first kappa shape index (κ1) is 12.6. The fraction of sp³-hybridized carbons (Fsp3) is 0.625. The van der Waals surface area contributed by atoms with Crippen molar-refractivity contribution in [3.05, 3.63) is 34.9 Å². The van der Waals surface area contributed by atoms with E-state index in [9.17, 15) is 0 Å². The molecular weight excluding hydrogens is 206 g/mol. The van der Waals surface area contributed by atoms with Gasteiger partial charge in [-0.2, -0.15) is 0 Å². The Hall–Kier alpha value is -0.820.